The first-order valence-corrected chi connectivity index (χ1v) is 9.92. The summed E-state index contributed by atoms with van der Waals surface area (Å²) in [7, 11) is 1.87. The van der Waals surface area contributed by atoms with E-state index in [1.165, 1.54) is 6.33 Å². The Kier molecular flexibility index (Phi) is 5.78. The number of nitrogens with zero attached hydrogens (tertiary/aromatic N) is 8. The molecule has 0 aliphatic heterocycles. The van der Waals surface area contributed by atoms with Crippen LogP contribution < -0.4 is 16.0 Å². The predicted molar refractivity (Wildman–Crippen MR) is 121 cm³/mol. The summed E-state index contributed by atoms with van der Waals surface area (Å²) in [4.78, 5) is 23.6. The van der Waals surface area contributed by atoms with E-state index in [2.05, 4.69) is 31.3 Å². The van der Waals surface area contributed by atoms with Crippen molar-refractivity contribution in [2.75, 3.05) is 29.1 Å². The van der Waals surface area contributed by atoms with Crippen LogP contribution in [-0.2, 0) is 7.05 Å². The molecule has 4 heterocycles. The first-order chi connectivity index (χ1) is 15.5. The predicted octanol–water partition coefficient (Wildman–Crippen LogP) is 2.18. The van der Waals surface area contributed by atoms with Crippen molar-refractivity contribution in [2.24, 2.45) is 7.05 Å². The number of aliphatic hydroxyl groups excluding tert-OH is 1. The molecule has 0 saturated heterocycles. The summed E-state index contributed by atoms with van der Waals surface area (Å²) in [5.74, 6) is 1.51. The number of aliphatic hydroxyl groups is 1. The van der Waals surface area contributed by atoms with Crippen LogP contribution in [0.1, 0.15) is 17.7 Å². The van der Waals surface area contributed by atoms with E-state index in [-0.39, 0.29) is 6.61 Å². The van der Waals surface area contributed by atoms with Crippen LogP contribution in [0.15, 0.2) is 37.1 Å². The molecule has 0 aliphatic carbocycles. The maximum Gasteiger partial charge on any atom is 0.164 e. The molecular weight excluding hydrogens is 408 g/mol. The Morgan fingerprint density at radius 2 is 2.06 bits per heavy atom. The quantitative estimate of drug-likeness (QED) is 0.397. The van der Waals surface area contributed by atoms with E-state index < -0.39 is 0 Å². The third kappa shape index (κ3) is 4.12. The van der Waals surface area contributed by atoms with Crippen molar-refractivity contribution in [1.82, 2.24) is 29.5 Å². The summed E-state index contributed by atoms with van der Waals surface area (Å²) >= 11 is 0. The lowest BCUT2D eigenvalue weighted by Gasteiger charge is -2.26. The Balaban J connectivity index is 1.85. The first kappa shape index (κ1) is 21.0. The molecule has 4 N–H and O–H groups in total. The zero-order valence-electron chi connectivity index (χ0n) is 17.7. The minimum atomic E-state index is 0.0263. The van der Waals surface area contributed by atoms with Gasteiger partial charge in [0.15, 0.2) is 5.65 Å². The highest BCUT2D eigenvalue weighted by atomic mass is 16.3. The first-order valence-electron chi connectivity index (χ1n) is 9.92. The number of fused-ring (bicyclic) bond motifs is 1. The summed E-state index contributed by atoms with van der Waals surface area (Å²) < 4.78 is 1.83. The van der Waals surface area contributed by atoms with E-state index in [0.717, 1.165) is 11.3 Å². The number of hydrogen-bond donors (Lipinski definition) is 3. The fourth-order valence-electron chi connectivity index (χ4n) is 3.38. The highest BCUT2D eigenvalue weighted by Crippen LogP contribution is 2.33. The van der Waals surface area contributed by atoms with E-state index in [4.69, 9.17) is 16.0 Å². The van der Waals surface area contributed by atoms with Crippen molar-refractivity contribution in [2.45, 2.75) is 13.3 Å². The highest BCUT2D eigenvalue weighted by molar-refractivity contribution is 5.90. The van der Waals surface area contributed by atoms with Gasteiger partial charge >= 0.3 is 0 Å². The summed E-state index contributed by atoms with van der Waals surface area (Å²) in [6.45, 7) is 2.44. The van der Waals surface area contributed by atoms with E-state index >= 15 is 0 Å². The van der Waals surface area contributed by atoms with Gasteiger partial charge in [-0.15, -0.1) is 0 Å². The number of imidazole rings is 1. The van der Waals surface area contributed by atoms with Gasteiger partial charge in [0.05, 0.1) is 23.9 Å². The van der Waals surface area contributed by atoms with E-state index in [1.807, 2.05) is 29.5 Å². The van der Waals surface area contributed by atoms with Gasteiger partial charge < -0.3 is 25.6 Å². The number of rotatable bonds is 7. The Morgan fingerprint density at radius 3 is 2.78 bits per heavy atom. The molecule has 4 aromatic heterocycles. The van der Waals surface area contributed by atoms with Crippen LogP contribution >= 0.6 is 0 Å². The maximum absolute atomic E-state index is 9.46. The Morgan fingerprint density at radius 1 is 1.22 bits per heavy atom. The number of nitrogen functional groups attached to an aromatic ring is 1. The number of aryl methyl sites for hydroxylation is 2. The lowest BCUT2D eigenvalue weighted by Crippen LogP contribution is -2.22. The smallest absolute Gasteiger partial charge is 0.164 e. The Bertz CT molecular complexity index is 1310. The zero-order chi connectivity index (χ0) is 22.7. The van der Waals surface area contributed by atoms with Gasteiger partial charge in [0.1, 0.15) is 41.1 Å². The third-order valence-electron chi connectivity index (χ3n) is 4.91. The van der Waals surface area contributed by atoms with Crippen molar-refractivity contribution in [3.63, 3.8) is 0 Å². The standard InChI is InChI=1S/C21H22N10O/c1-13-6-14(9-22)24-10-16(13)31(4-3-5-32)19-7-15(20-21(29-19)30(2)12-27-20)28-18-8-17(23)25-11-26-18/h6-8,10-12,32H,3-5H2,1-2H3,(H3,23,25,26,28,29). The minimum Gasteiger partial charge on any atom is -0.396 e. The molecule has 0 spiro atoms. The number of anilines is 5. The molecule has 0 fully saturated rings. The number of nitriles is 1. The van der Waals surface area contributed by atoms with Crippen molar-refractivity contribution in [3.8, 4) is 6.07 Å². The summed E-state index contributed by atoms with van der Waals surface area (Å²) in [6.07, 6.45) is 5.25. The van der Waals surface area contributed by atoms with Crippen LogP contribution in [0.4, 0.5) is 28.8 Å². The van der Waals surface area contributed by atoms with Gasteiger partial charge in [0.25, 0.3) is 0 Å². The number of hydrogen-bond acceptors (Lipinski definition) is 10. The van der Waals surface area contributed by atoms with Crippen molar-refractivity contribution < 1.29 is 5.11 Å². The summed E-state index contributed by atoms with van der Waals surface area (Å²) in [6, 6.07) is 7.28. The number of nitrogens with two attached hydrogens (primary N) is 1. The molecular formula is C21H22N10O. The van der Waals surface area contributed by atoms with Crippen molar-refractivity contribution in [1.29, 1.82) is 5.26 Å². The van der Waals surface area contributed by atoms with Crippen LogP contribution in [0.2, 0.25) is 0 Å². The van der Waals surface area contributed by atoms with Crippen LogP contribution in [-0.4, -0.2) is 47.7 Å². The molecule has 0 radical (unpaired) electrons. The van der Waals surface area contributed by atoms with Gasteiger partial charge in [0, 0.05) is 32.3 Å². The highest BCUT2D eigenvalue weighted by Gasteiger charge is 2.19. The lowest BCUT2D eigenvalue weighted by molar-refractivity contribution is 0.290. The SMILES string of the molecule is Cc1cc(C#N)ncc1N(CCCO)c1cc(Nc2cc(N)ncn2)c2ncn(C)c2n1. The molecule has 0 amide bonds. The fraction of sp³-hybridized carbons (Fsp3) is 0.238. The second-order valence-corrected chi connectivity index (χ2v) is 7.21. The number of aromatic nitrogens is 6. The van der Waals surface area contributed by atoms with E-state index in [1.54, 1.807) is 24.7 Å². The molecule has 0 atom stereocenters. The largest absolute Gasteiger partial charge is 0.396 e. The second kappa shape index (κ2) is 8.83. The van der Waals surface area contributed by atoms with Gasteiger partial charge in [-0.2, -0.15) is 5.26 Å². The molecule has 0 unspecified atom stereocenters. The molecule has 0 aliphatic rings. The molecule has 162 valence electrons. The van der Waals surface area contributed by atoms with Crippen molar-refractivity contribution in [3.05, 3.63) is 48.3 Å². The molecule has 0 saturated carbocycles. The average molecular weight is 430 g/mol. The van der Waals surface area contributed by atoms with Gasteiger partial charge in [-0.1, -0.05) is 0 Å². The molecule has 4 rings (SSSR count). The third-order valence-corrected chi connectivity index (χ3v) is 4.91. The van der Waals surface area contributed by atoms with Crippen LogP contribution in [0.25, 0.3) is 11.2 Å². The van der Waals surface area contributed by atoms with Gasteiger partial charge in [-0.05, 0) is 25.0 Å². The van der Waals surface area contributed by atoms with Crippen LogP contribution in [0, 0.1) is 18.3 Å². The Labute approximate surface area is 184 Å². The Hall–Kier alpha value is -4.30. The summed E-state index contributed by atoms with van der Waals surface area (Å²) in [5.41, 5.74) is 9.83. The minimum absolute atomic E-state index is 0.0263. The van der Waals surface area contributed by atoms with Gasteiger partial charge in [-0.3, -0.25) is 0 Å². The molecule has 32 heavy (non-hydrogen) atoms. The van der Waals surface area contributed by atoms with Gasteiger partial charge in [0.2, 0.25) is 0 Å². The lowest BCUT2D eigenvalue weighted by atomic mass is 10.2. The average Bonchev–Trinajstić information content (AvgIpc) is 3.16. The molecule has 11 nitrogen and oxygen atoms in total. The molecule has 4 aromatic rings. The monoisotopic (exact) mass is 430 g/mol. The zero-order valence-corrected chi connectivity index (χ0v) is 17.7. The van der Waals surface area contributed by atoms with E-state index in [9.17, 15) is 5.11 Å². The topological polar surface area (TPSA) is 155 Å². The number of nitrogens with one attached hydrogen (secondary N) is 1. The molecule has 0 bridgehead atoms. The molecule has 0 aromatic carbocycles. The maximum atomic E-state index is 9.46. The van der Waals surface area contributed by atoms with Crippen LogP contribution in [0.5, 0.6) is 0 Å². The van der Waals surface area contributed by atoms with Crippen molar-refractivity contribution >= 4 is 40.0 Å². The fourth-order valence-corrected chi connectivity index (χ4v) is 3.38. The normalized spacial score (nSPS) is 10.8. The summed E-state index contributed by atoms with van der Waals surface area (Å²) in [5, 5.41) is 21.9. The van der Waals surface area contributed by atoms with Crippen LogP contribution in [0.3, 0.4) is 0 Å². The van der Waals surface area contributed by atoms with E-state index in [0.29, 0.717) is 53.0 Å². The molecule has 11 heteroatoms. The second-order valence-electron chi connectivity index (χ2n) is 7.21. The number of pyridine rings is 2. The van der Waals surface area contributed by atoms with Gasteiger partial charge in [-0.25, -0.2) is 24.9 Å².